The summed E-state index contributed by atoms with van der Waals surface area (Å²) in [4.78, 5) is 12.8. The van der Waals surface area contributed by atoms with Crippen LogP contribution in [-0.2, 0) is 19.4 Å². The molecule has 7 heteroatoms. The molecule has 38 heavy (non-hydrogen) atoms. The summed E-state index contributed by atoms with van der Waals surface area (Å²) in [5, 5.41) is 36.1. The predicted molar refractivity (Wildman–Crippen MR) is 150 cm³/mol. The van der Waals surface area contributed by atoms with Crippen molar-refractivity contribution >= 4 is 5.91 Å². The van der Waals surface area contributed by atoms with Crippen LogP contribution in [0.2, 0.25) is 0 Å². The Bertz CT molecular complexity index is 1260. The van der Waals surface area contributed by atoms with Crippen LogP contribution >= 0.6 is 0 Å². The molecule has 3 rings (SSSR count). The zero-order chi connectivity index (χ0) is 27.9. The van der Waals surface area contributed by atoms with Crippen molar-refractivity contribution in [1.29, 1.82) is 0 Å². The minimum atomic E-state index is -0.796. The summed E-state index contributed by atoms with van der Waals surface area (Å²) in [7, 11) is 1.67. The number of β-amino-alcohol motifs (C(OH)–C–C–N with tert-alkyl or cyclic N) is 1. The van der Waals surface area contributed by atoms with E-state index in [4.69, 9.17) is 4.74 Å². The van der Waals surface area contributed by atoms with Gasteiger partial charge in [-0.3, -0.25) is 4.79 Å². The number of benzene rings is 3. The van der Waals surface area contributed by atoms with Crippen molar-refractivity contribution in [3.8, 4) is 11.5 Å². The molecule has 3 aromatic carbocycles. The molecule has 0 unspecified atom stereocenters. The summed E-state index contributed by atoms with van der Waals surface area (Å²) in [5.41, 5.74) is 5.76. The first-order valence-electron chi connectivity index (χ1n) is 12.9. The van der Waals surface area contributed by atoms with Crippen molar-refractivity contribution in [2.24, 2.45) is 0 Å². The minimum absolute atomic E-state index is 0.00611. The molecule has 0 heterocycles. The van der Waals surface area contributed by atoms with Gasteiger partial charge in [0, 0.05) is 29.8 Å². The number of aromatic hydroxyl groups is 1. The van der Waals surface area contributed by atoms with E-state index >= 15 is 0 Å². The van der Waals surface area contributed by atoms with E-state index in [0.29, 0.717) is 36.2 Å². The number of methoxy groups -OCH3 is 1. The standard InChI is InChI=1S/C31H40N2O5/c1-20-21(2)29(38-5)12-10-23(20)13-14-32-30(37)25-8-6-7-22(15-25)17-31(3,4)33-18-28(36)24-9-11-27(35)26(16-24)19-34/h6-12,15-16,28,33-36H,13-14,17-19H2,1-5H3,(H,32,37)/t28-/m0/s1. The van der Waals surface area contributed by atoms with Crippen LogP contribution in [0.4, 0.5) is 0 Å². The largest absolute Gasteiger partial charge is 0.508 e. The van der Waals surface area contributed by atoms with E-state index < -0.39 is 6.10 Å². The molecular formula is C31H40N2O5. The van der Waals surface area contributed by atoms with Crippen LogP contribution in [0.3, 0.4) is 0 Å². The van der Waals surface area contributed by atoms with Crippen LogP contribution in [0.5, 0.6) is 11.5 Å². The van der Waals surface area contributed by atoms with Gasteiger partial charge in [-0.25, -0.2) is 0 Å². The molecule has 0 fully saturated rings. The summed E-state index contributed by atoms with van der Waals surface area (Å²) in [6, 6.07) is 16.3. The monoisotopic (exact) mass is 520 g/mol. The molecule has 7 nitrogen and oxygen atoms in total. The van der Waals surface area contributed by atoms with E-state index in [9.17, 15) is 20.1 Å². The molecule has 0 aliphatic rings. The summed E-state index contributed by atoms with van der Waals surface area (Å²) in [6.45, 7) is 8.74. The quantitative estimate of drug-likeness (QED) is 0.246. The number of nitrogens with one attached hydrogen (secondary N) is 2. The number of rotatable bonds is 12. The van der Waals surface area contributed by atoms with Crippen LogP contribution < -0.4 is 15.4 Å². The number of ether oxygens (including phenoxy) is 1. The Morgan fingerprint density at radius 3 is 2.50 bits per heavy atom. The zero-order valence-corrected chi connectivity index (χ0v) is 23.0. The van der Waals surface area contributed by atoms with E-state index in [0.717, 1.165) is 23.3 Å². The van der Waals surface area contributed by atoms with Gasteiger partial charge in [0.1, 0.15) is 11.5 Å². The van der Waals surface area contributed by atoms with Gasteiger partial charge in [0.05, 0.1) is 19.8 Å². The number of carbonyl (C=O) groups excluding carboxylic acids is 1. The summed E-state index contributed by atoms with van der Waals surface area (Å²) in [5.74, 6) is 0.768. The fraction of sp³-hybridized carbons (Fsp3) is 0.387. The van der Waals surface area contributed by atoms with Crippen molar-refractivity contribution in [3.63, 3.8) is 0 Å². The average molecular weight is 521 g/mol. The van der Waals surface area contributed by atoms with Gasteiger partial charge in [-0.1, -0.05) is 24.3 Å². The van der Waals surface area contributed by atoms with Gasteiger partial charge in [0.15, 0.2) is 0 Å². The summed E-state index contributed by atoms with van der Waals surface area (Å²) in [6.07, 6.45) is 0.598. The maximum Gasteiger partial charge on any atom is 0.251 e. The lowest BCUT2D eigenvalue weighted by Crippen LogP contribution is -2.43. The molecule has 204 valence electrons. The first kappa shape index (κ1) is 29.2. The normalized spacial score (nSPS) is 12.3. The van der Waals surface area contributed by atoms with Gasteiger partial charge >= 0.3 is 0 Å². The second-order valence-electron chi connectivity index (χ2n) is 10.4. The second-order valence-corrected chi connectivity index (χ2v) is 10.4. The van der Waals surface area contributed by atoms with E-state index in [1.54, 1.807) is 19.2 Å². The fourth-order valence-corrected chi connectivity index (χ4v) is 4.58. The molecular weight excluding hydrogens is 480 g/mol. The SMILES string of the molecule is COc1ccc(CCNC(=O)c2cccc(CC(C)(C)NC[C@H](O)c3ccc(O)c(CO)c3)c2)c(C)c1C. The Labute approximate surface area is 225 Å². The van der Waals surface area contributed by atoms with Gasteiger partial charge in [-0.05, 0) is 98.7 Å². The second kappa shape index (κ2) is 12.9. The molecule has 1 atom stereocenters. The number of aliphatic hydroxyl groups is 2. The van der Waals surface area contributed by atoms with E-state index in [2.05, 4.69) is 17.6 Å². The Morgan fingerprint density at radius 2 is 1.79 bits per heavy atom. The van der Waals surface area contributed by atoms with Crippen LogP contribution in [0.15, 0.2) is 54.6 Å². The maximum absolute atomic E-state index is 12.8. The molecule has 0 bridgehead atoms. The van der Waals surface area contributed by atoms with Crippen molar-refractivity contribution < 1.29 is 24.9 Å². The zero-order valence-electron chi connectivity index (χ0n) is 23.0. The highest BCUT2D eigenvalue weighted by molar-refractivity contribution is 5.94. The summed E-state index contributed by atoms with van der Waals surface area (Å²) < 4.78 is 5.38. The first-order valence-corrected chi connectivity index (χ1v) is 12.9. The molecule has 0 aromatic heterocycles. The highest BCUT2D eigenvalue weighted by Gasteiger charge is 2.21. The van der Waals surface area contributed by atoms with Crippen molar-refractivity contribution in [3.05, 3.63) is 93.5 Å². The predicted octanol–water partition coefficient (Wildman–Crippen LogP) is 4.13. The van der Waals surface area contributed by atoms with Gasteiger partial charge in [0.2, 0.25) is 0 Å². The van der Waals surface area contributed by atoms with Crippen molar-refractivity contribution in [2.45, 2.75) is 58.8 Å². The van der Waals surface area contributed by atoms with Crippen molar-refractivity contribution in [2.75, 3.05) is 20.2 Å². The number of hydrogen-bond acceptors (Lipinski definition) is 6. The summed E-state index contributed by atoms with van der Waals surface area (Å²) >= 11 is 0. The highest BCUT2D eigenvalue weighted by atomic mass is 16.5. The number of phenols is 1. The lowest BCUT2D eigenvalue weighted by Gasteiger charge is -2.28. The van der Waals surface area contributed by atoms with Gasteiger partial charge in [0.25, 0.3) is 5.91 Å². The number of carbonyl (C=O) groups is 1. The third kappa shape index (κ3) is 7.57. The number of aliphatic hydroxyl groups excluding tert-OH is 2. The van der Waals surface area contributed by atoms with E-state index in [1.807, 2.05) is 57.2 Å². The van der Waals surface area contributed by atoms with E-state index in [-0.39, 0.29) is 23.8 Å². The molecule has 0 aliphatic carbocycles. The lowest BCUT2D eigenvalue weighted by molar-refractivity contribution is 0.0954. The third-order valence-electron chi connectivity index (χ3n) is 7.02. The van der Waals surface area contributed by atoms with Crippen LogP contribution in [0, 0.1) is 13.8 Å². The fourth-order valence-electron chi connectivity index (χ4n) is 4.58. The lowest BCUT2D eigenvalue weighted by atomic mass is 9.93. The molecule has 0 radical (unpaired) electrons. The molecule has 0 spiro atoms. The van der Waals surface area contributed by atoms with Gasteiger partial charge in [-0.15, -0.1) is 0 Å². The van der Waals surface area contributed by atoms with Gasteiger partial charge < -0.3 is 30.7 Å². The minimum Gasteiger partial charge on any atom is -0.508 e. The Hall–Kier alpha value is -3.39. The number of hydrogen-bond donors (Lipinski definition) is 5. The molecule has 0 aliphatic heterocycles. The van der Waals surface area contributed by atoms with Crippen LogP contribution in [0.1, 0.15) is 63.7 Å². The van der Waals surface area contributed by atoms with Crippen LogP contribution in [0.25, 0.3) is 0 Å². The molecule has 5 N–H and O–H groups in total. The van der Waals surface area contributed by atoms with Crippen LogP contribution in [-0.4, -0.2) is 47.0 Å². The topological polar surface area (TPSA) is 111 Å². The Kier molecular flexibility index (Phi) is 9.91. The maximum atomic E-state index is 12.8. The smallest absolute Gasteiger partial charge is 0.251 e. The molecule has 0 saturated carbocycles. The third-order valence-corrected chi connectivity index (χ3v) is 7.02. The molecule has 3 aromatic rings. The first-order chi connectivity index (χ1) is 18.0. The highest BCUT2D eigenvalue weighted by Crippen LogP contribution is 2.25. The van der Waals surface area contributed by atoms with Crippen molar-refractivity contribution in [1.82, 2.24) is 10.6 Å². The Balaban J connectivity index is 1.55. The molecule has 1 amide bonds. The van der Waals surface area contributed by atoms with Gasteiger partial charge in [-0.2, -0.15) is 0 Å². The van der Waals surface area contributed by atoms with E-state index in [1.165, 1.54) is 17.2 Å². The molecule has 0 saturated heterocycles. The number of amides is 1. The average Bonchev–Trinajstić information content (AvgIpc) is 2.90. The Morgan fingerprint density at radius 1 is 1.03 bits per heavy atom.